The molecule has 0 aliphatic rings. The first-order valence-corrected chi connectivity index (χ1v) is 14.0. The van der Waals surface area contributed by atoms with Crippen molar-refractivity contribution in [1.29, 1.82) is 0 Å². The lowest BCUT2D eigenvalue weighted by molar-refractivity contribution is -0.144. The minimum atomic E-state index is -1.25. The zero-order valence-corrected chi connectivity index (χ0v) is 24.9. The molecule has 1 rings (SSSR count). The van der Waals surface area contributed by atoms with E-state index < -0.39 is 41.8 Å². The average Bonchev–Trinajstić information content (AvgIpc) is 2.81. The van der Waals surface area contributed by atoms with Crippen molar-refractivity contribution in [2.75, 3.05) is 13.2 Å². The summed E-state index contributed by atoms with van der Waals surface area (Å²) in [6.45, 7) is 14.8. The summed E-state index contributed by atoms with van der Waals surface area (Å²) in [6.07, 6.45) is 6.13. The number of nitrogens with one attached hydrogen (secondary N) is 2. The number of unbranched alkanes of at least 4 members (excludes halogenated alkanes) is 5. The maximum Gasteiger partial charge on any atom is 0.408 e. The summed E-state index contributed by atoms with van der Waals surface area (Å²) in [4.78, 5) is 41.5. The van der Waals surface area contributed by atoms with Gasteiger partial charge < -0.3 is 25.4 Å². The summed E-state index contributed by atoms with van der Waals surface area (Å²) in [5.74, 6) is -0.837. The van der Waals surface area contributed by atoms with Crippen LogP contribution in [0.1, 0.15) is 111 Å². The van der Waals surface area contributed by atoms with Gasteiger partial charge in [-0.25, -0.2) is 4.79 Å². The molecule has 8 nitrogen and oxygen atoms in total. The monoisotopic (exact) mass is 533 g/mol. The minimum absolute atomic E-state index is 0.310. The van der Waals surface area contributed by atoms with Gasteiger partial charge in [-0.2, -0.15) is 0 Å². The molecule has 0 aromatic heterocycles. The number of aliphatic hydroxyl groups excluding tert-OH is 1. The van der Waals surface area contributed by atoms with Crippen LogP contribution in [0.4, 0.5) is 4.79 Å². The lowest BCUT2D eigenvalue weighted by Gasteiger charge is -2.36. The van der Waals surface area contributed by atoms with Crippen molar-refractivity contribution in [1.82, 2.24) is 15.5 Å². The standard InChI is InChI=1S/C30H51N3O5/c1-9-11-12-13-14-15-20-33(27(36)24(21-34)31-28(37)38-30(6,7)8)25(26(35)32-29(3,4)5)23-18-16-22(10-2)17-19-23/h16-19,24-25,34H,9-15,20-21H2,1-8H3,(H,31,37)(H,32,35). The number of carbonyl (C=O) groups excluding carboxylic acids is 3. The zero-order chi connectivity index (χ0) is 28.9. The van der Waals surface area contributed by atoms with Crippen LogP contribution in [0, 0.1) is 0 Å². The van der Waals surface area contributed by atoms with Crippen LogP contribution in [0.3, 0.4) is 0 Å². The second kappa shape index (κ2) is 15.7. The number of alkyl carbamates (subject to hydrolysis) is 1. The maximum absolute atomic E-state index is 13.9. The van der Waals surface area contributed by atoms with E-state index in [0.717, 1.165) is 44.1 Å². The highest BCUT2D eigenvalue weighted by molar-refractivity contribution is 5.92. The Bertz CT molecular complexity index is 871. The SMILES string of the molecule is CCCCCCCCN(C(=O)C(CO)NC(=O)OC(C)(C)C)C(C(=O)NC(C)(C)C)c1ccc(CC)cc1. The fourth-order valence-electron chi connectivity index (χ4n) is 4.11. The van der Waals surface area contributed by atoms with E-state index in [0.29, 0.717) is 18.5 Å². The predicted octanol–water partition coefficient (Wildman–Crippen LogP) is 5.28. The number of nitrogens with zero attached hydrogens (tertiary/aromatic N) is 1. The predicted molar refractivity (Wildman–Crippen MR) is 152 cm³/mol. The van der Waals surface area contributed by atoms with Gasteiger partial charge >= 0.3 is 6.09 Å². The second-order valence-electron chi connectivity index (χ2n) is 11.9. The number of hydrogen-bond acceptors (Lipinski definition) is 5. The Kier molecular flexibility index (Phi) is 13.8. The lowest BCUT2D eigenvalue weighted by Crippen LogP contribution is -2.55. The molecule has 0 saturated heterocycles. The Morgan fingerprint density at radius 3 is 2.00 bits per heavy atom. The van der Waals surface area contributed by atoms with Gasteiger partial charge in [-0.3, -0.25) is 9.59 Å². The third-order valence-electron chi connectivity index (χ3n) is 5.97. The van der Waals surface area contributed by atoms with Gasteiger partial charge in [0.1, 0.15) is 17.7 Å². The number of amides is 3. The smallest absolute Gasteiger partial charge is 0.408 e. The third kappa shape index (κ3) is 12.3. The Hall–Kier alpha value is -2.61. The number of aliphatic hydroxyl groups is 1. The summed E-state index contributed by atoms with van der Waals surface area (Å²) in [5.41, 5.74) is 0.523. The van der Waals surface area contributed by atoms with Crippen LogP contribution in [0.2, 0.25) is 0 Å². The molecule has 216 valence electrons. The molecule has 0 bridgehead atoms. The molecule has 3 N–H and O–H groups in total. The molecule has 3 amide bonds. The number of rotatable bonds is 14. The van der Waals surface area contributed by atoms with E-state index in [1.54, 1.807) is 20.8 Å². The van der Waals surface area contributed by atoms with Gasteiger partial charge in [-0.05, 0) is 65.5 Å². The fraction of sp³-hybridized carbons (Fsp3) is 0.700. The molecule has 0 aliphatic heterocycles. The summed E-state index contributed by atoms with van der Waals surface area (Å²) < 4.78 is 5.31. The second-order valence-corrected chi connectivity index (χ2v) is 11.9. The molecule has 0 heterocycles. The molecule has 0 spiro atoms. The number of carbonyl (C=O) groups is 3. The van der Waals surface area contributed by atoms with Crippen LogP contribution >= 0.6 is 0 Å². The molecule has 1 aromatic carbocycles. The Balaban J connectivity index is 3.38. The molecular formula is C30H51N3O5. The number of hydrogen-bond donors (Lipinski definition) is 3. The zero-order valence-electron chi connectivity index (χ0n) is 24.9. The van der Waals surface area contributed by atoms with Crippen LogP contribution < -0.4 is 10.6 Å². The molecule has 2 atom stereocenters. The maximum atomic E-state index is 13.9. The minimum Gasteiger partial charge on any atom is -0.444 e. The molecule has 1 aromatic rings. The quantitative estimate of drug-likeness (QED) is 0.282. The Morgan fingerprint density at radius 1 is 0.921 bits per heavy atom. The third-order valence-corrected chi connectivity index (χ3v) is 5.97. The highest BCUT2D eigenvalue weighted by Crippen LogP contribution is 2.25. The van der Waals surface area contributed by atoms with Crippen LogP contribution in [0.15, 0.2) is 24.3 Å². The molecule has 0 radical (unpaired) electrons. The summed E-state index contributed by atoms with van der Waals surface area (Å²) in [7, 11) is 0. The van der Waals surface area contributed by atoms with Crippen molar-refractivity contribution < 1.29 is 24.2 Å². The van der Waals surface area contributed by atoms with Gasteiger partial charge in [-0.1, -0.05) is 70.2 Å². The van der Waals surface area contributed by atoms with Gasteiger partial charge in [0.15, 0.2) is 0 Å². The lowest BCUT2D eigenvalue weighted by atomic mass is 9.98. The average molecular weight is 534 g/mol. The van der Waals surface area contributed by atoms with E-state index in [4.69, 9.17) is 4.74 Å². The van der Waals surface area contributed by atoms with Gasteiger partial charge in [0.2, 0.25) is 11.8 Å². The summed E-state index contributed by atoms with van der Waals surface area (Å²) in [6, 6.07) is 5.51. The highest BCUT2D eigenvalue weighted by Gasteiger charge is 2.36. The van der Waals surface area contributed by atoms with Crippen molar-refractivity contribution in [3.05, 3.63) is 35.4 Å². The summed E-state index contributed by atoms with van der Waals surface area (Å²) in [5, 5.41) is 15.6. The van der Waals surface area contributed by atoms with Crippen molar-refractivity contribution in [3.63, 3.8) is 0 Å². The van der Waals surface area contributed by atoms with Crippen molar-refractivity contribution in [2.24, 2.45) is 0 Å². The first kappa shape index (κ1) is 33.4. The molecule has 0 fully saturated rings. The topological polar surface area (TPSA) is 108 Å². The van der Waals surface area contributed by atoms with Crippen LogP contribution in [-0.2, 0) is 20.7 Å². The van der Waals surface area contributed by atoms with E-state index in [1.807, 2.05) is 45.0 Å². The van der Waals surface area contributed by atoms with Crippen molar-refractivity contribution in [2.45, 2.75) is 124 Å². The molecule has 0 aliphatic carbocycles. The molecule has 2 unspecified atom stereocenters. The number of ether oxygens (including phenoxy) is 1. The molecular weight excluding hydrogens is 482 g/mol. The number of benzene rings is 1. The summed E-state index contributed by atoms with van der Waals surface area (Å²) >= 11 is 0. The highest BCUT2D eigenvalue weighted by atomic mass is 16.6. The van der Waals surface area contributed by atoms with Crippen LogP contribution in [0.25, 0.3) is 0 Å². The first-order valence-electron chi connectivity index (χ1n) is 14.0. The van der Waals surface area contributed by atoms with Gasteiger partial charge in [0.25, 0.3) is 0 Å². The molecule has 38 heavy (non-hydrogen) atoms. The van der Waals surface area contributed by atoms with E-state index in [1.165, 1.54) is 4.90 Å². The van der Waals surface area contributed by atoms with Crippen LogP contribution in [0.5, 0.6) is 0 Å². The van der Waals surface area contributed by atoms with E-state index in [2.05, 4.69) is 24.5 Å². The Labute approximate surface area is 229 Å². The van der Waals surface area contributed by atoms with Gasteiger partial charge in [-0.15, -0.1) is 0 Å². The van der Waals surface area contributed by atoms with E-state index in [-0.39, 0.29) is 5.91 Å². The van der Waals surface area contributed by atoms with Crippen molar-refractivity contribution >= 4 is 17.9 Å². The van der Waals surface area contributed by atoms with Gasteiger partial charge in [0.05, 0.1) is 6.61 Å². The molecule has 8 heteroatoms. The van der Waals surface area contributed by atoms with Gasteiger partial charge in [0, 0.05) is 12.1 Å². The number of aryl methyl sites for hydroxylation is 1. The van der Waals surface area contributed by atoms with Crippen molar-refractivity contribution in [3.8, 4) is 0 Å². The Morgan fingerprint density at radius 2 is 1.50 bits per heavy atom. The van der Waals surface area contributed by atoms with E-state index in [9.17, 15) is 19.5 Å². The van der Waals surface area contributed by atoms with E-state index >= 15 is 0 Å². The normalized spacial score (nSPS) is 13.4. The first-order chi connectivity index (χ1) is 17.7. The fourth-order valence-corrected chi connectivity index (χ4v) is 4.11. The molecule has 0 saturated carbocycles. The van der Waals surface area contributed by atoms with Crippen LogP contribution in [-0.4, -0.2) is 58.2 Å². The largest absolute Gasteiger partial charge is 0.444 e.